The predicted octanol–water partition coefficient (Wildman–Crippen LogP) is 6.17. The molecule has 0 aliphatic heterocycles. The number of hydrogen-bond donors (Lipinski definition) is 1. The highest BCUT2D eigenvalue weighted by molar-refractivity contribution is 8.00. The third kappa shape index (κ3) is 6.89. The van der Waals surface area contributed by atoms with Crippen LogP contribution in [0, 0.1) is 0 Å². The third-order valence-electron chi connectivity index (χ3n) is 5.44. The van der Waals surface area contributed by atoms with E-state index in [-0.39, 0.29) is 0 Å². The number of amides is 1. The van der Waals surface area contributed by atoms with Crippen LogP contribution in [0.2, 0.25) is 0 Å². The highest BCUT2D eigenvalue weighted by atomic mass is 32.2. The van der Waals surface area contributed by atoms with E-state index in [1.54, 1.807) is 32.5 Å². The summed E-state index contributed by atoms with van der Waals surface area (Å²) in [5.74, 6) is 0.0787. The molecule has 5 nitrogen and oxygen atoms in total. The number of carbonyl (C=O) groups excluding carboxylic acids is 2. The summed E-state index contributed by atoms with van der Waals surface area (Å²) in [4.78, 5) is 24.8. The molecule has 0 aromatic heterocycles. The van der Waals surface area contributed by atoms with Crippen molar-refractivity contribution in [3.05, 3.63) is 108 Å². The maximum atomic E-state index is 12.5. The molecule has 0 heterocycles. The van der Waals surface area contributed by atoms with Crippen molar-refractivity contribution in [2.45, 2.75) is 43.6 Å². The minimum atomic E-state index is -0.817. The summed E-state index contributed by atoms with van der Waals surface area (Å²) in [6.07, 6.45) is -0.261. The van der Waals surface area contributed by atoms with Crippen molar-refractivity contribution in [3.8, 4) is 0 Å². The maximum absolute atomic E-state index is 12.5. The fraction of sp³-hybridized carbons (Fsp3) is 0.310. The second-order valence-electron chi connectivity index (χ2n) is 9.14. The summed E-state index contributed by atoms with van der Waals surface area (Å²) < 4.78 is 9.81. The monoisotopic (exact) mass is 491 g/mol. The molecule has 184 valence electrons. The summed E-state index contributed by atoms with van der Waals surface area (Å²) >= 11 is 1.72. The Morgan fingerprint density at radius 1 is 0.800 bits per heavy atom. The van der Waals surface area contributed by atoms with E-state index in [0.29, 0.717) is 12.2 Å². The number of methoxy groups -OCH3 is 1. The van der Waals surface area contributed by atoms with Crippen LogP contribution in [0.4, 0.5) is 4.79 Å². The average Bonchev–Trinajstić information content (AvgIpc) is 2.86. The summed E-state index contributed by atoms with van der Waals surface area (Å²) in [6.45, 7) is 5.34. The second-order valence-corrected chi connectivity index (χ2v) is 10.4. The van der Waals surface area contributed by atoms with Crippen LogP contribution in [0.25, 0.3) is 0 Å². The van der Waals surface area contributed by atoms with E-state index in [1.165, 1.54) is 7.11 Å². The Morgan fingerprint density at radius 2 is 1.23 bits per heavy atom. The van der Waals surface area contributed by atoms with E-state index in [0.717, 1.165) is 16.7 Å². The first-order chi connectivity index (χ1) is 16.8. The van der Waals surface area contributed by atoms with Gasteiger partial charge in [0.1, 0.15) is 11.6 Å². The summed E-state index contributed by atoms with van der Waals surface area (Å²) in [6, 6.07) is 30.2. The Hall–Kier alpha value is -3.25. The van der Waals surface area contributed by atoms with E-state index in [1.807, 2.05) is 54.6 Å². The van der Waals surface area contributed by atoms with Gasteiger partial charge < -0.3 is 14.8 Å². The molecule has 6 heteroatoms. The topological polar surface area (TPSA) is 64.6 Å². The predicted molar refractivity (Wildman–Crippen MR) is 141 cm³/mol. The molecule has 0 aliphatic rings. The molecule has 3 aromatic rings. The lowest BCUT2D eigenvalue weighted by Crippen LogP contribution is -2.44. The van der Waals surface area contributed by atoms with E-state index < -0.39 is 28.5 Å². The van der Waals surface area contributed by atoms with Crippen molar-refractivity contribution in [1.82, 2.24) is 5.32 Å². The number of benzene rings is 3. The van der Waals surface area contributed by atoms with Crippen LogP contribution < -0.4 is 5.32 Å². The molecular weight excluding hydrogens is 458 g/mol. The lowest BCUT2D eigenvalue weighted by molar-refractivity contribution is -0.143. The molecule has 0 saturated carbocycles. The zero-order valence-electron chi connectivity index (χ0n) is 20.7. The van der Waals surface area contributed by atoms with Gasteiger partial charge in [0.15, 0.2) is 0 Å². The number of hydrogen-bond acceptors (Lipinski definition) is 5. The Kier molecular flexibility index (Phi) is 8.99. The number of rotatable bonds is 9. The van der Waals surface area contributed by atoms with E-state index in [4.69, 9.17) is 9.47 Å². The van der Waals surface area contributed by atoms with Gasteiger partial charge in [0, 0.05) is 0 Å². The Labute approximate surface area is 212 Å². The molecule has 0 saturated heterocycles. The largest absolute Gasteiger partial charge is 0.467 e. The highest BCUT2D eigenvalue weighted by Crippen LogP contribution is 2.48. The van der Waals surface area contributed by atoms with Crippen LogP contribution in [-0.2, 0) is 19.0 Å². The molecule has 1 N–H and O–H groups in total. The van der Waals surface area contributed by atoms with Crippen molar-refractivity contribution < 1.29 is 19.1 Å². The molecule has 0 aliphatic carbocycles. The molecule has 3 rings (SSSR count). The third-order valence-corrected chi connectivity index (χ3v) is 7.02. The van der Waals surface area contributed by atoms with Crippen molar-refractivity contribution in [1.29, 1.82) is 0 Å². The van der Waals surface area contributed by atoms with Gasteiger partial charge in [-0.15, -0.1) is 11.8 Å². The Morgan fingerprint density at radius 3 is 1.60 bits per heavy atom. The number of ether oxygens (including phenoxy) is 2. The SMILES string of the molecule is COC(=O)[C@H](CCSC(c1ccccc1)(c1ccccc1)c1ccccc1)NC(=O)OC(C)(C)C. The molecule has 1 amide bonds. The Bertz CT molecular complexity index is 985. The van der Waals surface area contributed by atoms with Gasteiger partial charge in [0.25, 0.3) is 0 Å². The normalized spacial score (nSPS) is 12.5. The van der Waals surface area contributed by atoms with Crippen LogP contribution in [-0.4, -0.2) is 36.6 Å². The first-order valence-electron chi connectivity index (χ1n) is 11.6. The van der Waals surface area contributed by atoms with Crippen LogP contribution in [0.1, 0.15) is 43.9 Å². The Balaban J connectivity index is 1.93. The van der Waals surface area contributed by atoms with Crippen molar-refractivity contribution in [2.24, 2.45) is 0 Å². The molecule has 0 bridgehead atoms. The van der Waals surface area contributed by atoms with E-state index in [2.05, 4.69) is 41.7 Å². The van der Waals surface area contributed by atoms with Gasteiger partial charge in [-0.3, -0.25) is 0 Å². The number of esters is 1. The number of carbonyl (C=O) groups is 2. The van der Waals surface area contributed by atoms with Gasteiger partial charge in [-0.2, -0.15) is 0 Å². The molecule has 0 radical (unpaired) electrons. The van der Waals surface area contributed by atoms with Crippen LogP contribution in [0.3, 0.4) is 0 Å². The quantitative estimate of drug-likeness (QED) is 0.287. The van der Waals surface area contributed by atoms with Crippen LogP contribution >= 0.6 is 11.8 Å². The van der Waals surface area contributed by atoms with Crippen molar-refractivity contribution in [3.63, 3.8) is 0 Å². The van der Waals surface area contributed by atoms with Gasteiger partial charge in [-0.25, -0.2) is 9.59 Å². The average molecular weight is 492 g/mol. The molecule has 1 atom stereocenters. The minimum absolute atomic E-state index is 0.380. The molecule has 0 spiro atoms. The number of alkyl carbamates (subject to hydrolysis) is 1. The zero-order valence-corrected chi connectivity index (χ0v) is 21.5. The first-order valence-corrected chi connectivity index (χ1v) is 12.6. The molecule has 35 heavy (non-hydrogen) atoms. The standard InChI is InChI=1S/C29H33NO4S/c1-28(2,3)34-27(32)30-25(26(31)33-4)20-21-35-29(22-14-8-5-9-15-22,23-16-10-6-11-17-23)24-18-12-7-13-19-24/h5-19,25H,20-21H2,1-4H3,(H,30,32)/t25-/m0/s1. The zero-order chi connectivity index (χ0) is 25.3. The lowest BCUT2D eigenvalue weighted by atomic mass is 9.84. The van der Waals surface area contributed by atoms with Crippen molar-refractivity contribution in [2.75, 3.05) is 12.9 Å². The summed E-state index contributed by atoms with van der Waals surface area (Å²) in [5, 5.41) is 2.68. The fourth-order valence-electron chi connectivity index (χ4n) is 3.94. The molecule has 0 unspecified atom stereocenters. The van der Waals surface area contributed by atoms with Gasteiger partial charge in [-0.05, 0) is 49.6 Å². The van der Waals surface area contributed by atoms with Gasteiger partial charge in [0.05, 0.1) is 11.9 Å². The maximum Gasteiger partial charge on any atom is 0.408 e. The highest BCUT2D eigenvalue weighted by Gasteiger charge is 2.37. The fourth-order valence-corrected chi connectivity index (χ4v) is 5.51. The number of nitrogens with one attached hydrogen (secondary N) is 1. The number of thioether (sulfide) groups is 1. The molecule has 0 fully saturated rings. The minimum Gasteiger partial charge on any atom is -0.467 e. The molecule has 3 aromatic carbocycles. The summed E-state index contributed by atoms with van der Waals surface area (Å²) in [7, 11) is 1.32. The first kappa shape index (κ1) is 26.4. The van der Waals surface area contributed by atoms with Crippen molar-refractivity contribution >= 4 is 23.8 Å². The smallest absolute Gasteiger partial charge is 0.408 e. The lowest BCUT2D eigenvalue weighted by Gasteiger charge is -2.36. The summed E-state index contributed by atoms with van der Waals surface area (Å²) in [5.41, 5.74) is 2.74. The van der Waals surface area contributed by atoms with Gasteiger partial charge in [0.2, 0.25) is 0 Å². The second kappa shape index (κ2) is 11.9. The van der Waals surface area contributed by atoms with Gasteiger partial charge >= 0.3 is 12.1 Å². The van der Waals surface area contributed by atoms with Crippen LogP contribution in [0.5, 0.6) is 0 Å². The molecular formula is C29H33NO4S. The van der Waals surface area contributed by atoms with Crippen LogP contribution in [0.15, 0.2) is 91.0 Å². The van der Waals surface area contributed by atoms with Gasteiger partial charge in [-0.1, -0.05) is 91.0 Å². The van der Waals surface area contributed by atoms with E-state index in [9.17, 15) is 9.59 Å². The van der Waals surface area contributed by atoms with E-state index >= 15 is 0 Å².